The van der Waals surface area contributed by atoms with Crippen LogP contribution in [0.5, 0.6) is 11.5 Å². The van der Waals surface area contributed by atoms with Gasteiger partial charge >= 0.3 is 0 Å². The highest BCUT2D eigenvalue weighted by atomic mass is 16.5. The standard InChI is InChI=1S/C20H23NO3/c1-5-12-23-18-10-8-17(9-11-18)21-20(22)16(4)24-19-13-14(2)6-7-15(19)3/h5-11,13,16H,1,12H2,2-4H3,(H,21,22). The molecule has 1 atom stereocenters. The van der Waals surface area contributed by atoms with Gasteiger partial charge in [-0.15, -0.1) is 0 Å². The second-order valence-corrected chi connectivity index (χ2v) is 5.64. The molecule has 0 aromatic heterocycles. The second kappa shape index (κ2) is 8.20. The molecule has 1 N–H and O–H groups in total. The van der Waals surface area contributed by atoms with Gasteiger partial charge in [0, 0.05) is 5.69 Å². The largest absolute Gasteiger partial charge is 0.490 e. The Morgan fingerprint density at radius 3 is 2.58 bits per heavy atom. The van der Waals surface area contributed by atoms with E-state index in [9.17, 15) is 4.79 Å². The molecule has 0 aliphatic carbocycles. The second-order valence-electron chi connectivity index (χ2n) is 5.64. The smallest absolute Gasteiger partial charge is 0.265 e. The van der Waals surface area contributed by atoms with E-state index in [4.69, 9.17) is 9.47 Å². The summed E-state index contributed by atoms with van der Waals surface area (Å²) in [5.74, 6) is 1.26. The number of nitrogens with one attached hydrogen (secondary N) is 1. The van der Waals surface area contributed by atoms with Gasteiger partial charge in [-0.05, 0) is 62.2 Å². The Kier molecular flexibility index (Phi) is 6.01. The van der Waals surface area contributed by atoms with Crippen LogP contribution in [0.2, 0.25) is 0 Å². The van der Waals surface area contributed by atoms with E-state index in [0.717, 1.165) is 22.6 Å². The molecule has 0 aliphatic rings. The summed E-state index contributed by atoms with van der Waals surface area (Å²) in [6.07, 6.45) is 1.09. The maximum Gasteiger partial charge on any atom is 0.265 e. The Hall–Kier alpha value is -2.75. The Labute approximate surface area is 143 Å². The van der Waals surface area contributed by atoms with Crippen LogP contribution >= 0.6 is 0 Å². The molecule has 2 aromatic carbocycles. The zero-order chi connectivity index (χ0) is 17.5. The van der Waals surface area contributed by atoms with Crippen LogP contribution in [0.25, 0.3) is 0 Å². The first-order valence-corrected chi connectivity index (χ1v) is 7.88. The summed E-state index contributed by atoms with van der Waals surface area (Å²) >= 11 is 0. The maximum absolute atomic E-state index is 12.3. The van der Waals surface area contributed by atoms with E-state index < -0.39 is 6.10 Å². The number of hydrogen-bond donors (Lipinski definition) is 1. The average Bonchev–Trinajstić information content (AvgIpc) is 2.57. The van der Waals surface area contributed by atoms with Gasteiger partial charge in [-0.25, -0.2) is 0 Å². The molecule has 2 aromatic rings. The highest BCUT2D eigenvalue weighted by molar-refractivity contribution is 5.94. The van der Waals surface area contributed by atoms with Crippen LogP contribution in [-0.2, 0) is 4.79 Å². The summed E-state index contributed by atoms with van der Waals surface area (Å²) in [5, 5.41) is 2.84. The molecule has 0 heterocycles. The van der Waals surface area contributed by atoms with Gasteiger partial charge < -0.3 is 14.8 Å². The monoisotopic (exact) mass is 325 g/mol. The van der Waals surface area contributed by atoms with Gasteiger partial charge in [0.15, 0.2) is 6.10 Å². The molecule has 0 aliphatic heterocycles. The van der Waals surface area contributed by atoms with Crippen LogP contribution in [-0.4, -0.2) is 18.6 Å². The van der Waals surface area contributed by atoms with E-state index in [1.54, 1.807) is 37.3 Å². The number of carbonyl (C=O) groups excluding carboxylic acids is 1. The van der Waals surface area contributed by atoms with Gasteiger partial charge in [0.05, 0.1) is 0 Å². The predicted octanol–water partition coefficient (Wildman–Crippen LogP) is 4.27. The molecule has 0 saturated carbocycles. The fourth-order valence-corrected chi connectivity index (χ4v) is 2.11. The SMILES string of the molecule is C=CCOc1ccc(NC(=O)C(C)Oc2cc(C)ccc2C)cc1. The third kappa shape index (κ3) is 4.88. The quantitative estimate of drug-likeness (QED) is 0.773. The lowest BCUT2D eigenvalue weighted by molar-refractivity contribution is -0.122. The van der Waals surface area contributed by atoms with E-state index in [0.29, 0.717) is 12.3 Å². The minimum Gasteiger partial charge on any atom is -0.490 e. The number of amides is 1. The highest BCUT2D eigenvalue weighted by Crippen LogP contribution is 2.21. The van der Waals surface area contributed by atoms with Gasteiger partial charge in [0.2, 0.25) is 0 Å². The fourth-order valence-electron chi connectivity index (χ4n) is 2.11. The van der Waals surface area contributed by atoms with E-state index >= 15 is 0 Å². The number of hydrogen-bond acceptors (Lipinski definition) is 3. The van der Waals surface area contributed by atoms with Crippen molar-refractivity contribution in [1.82, 2.24) is 0 Å². The number of carbonyl (C=O) groups is 1. The lowest BCUT2D eigenvalue weighted by Gasteiger charge is -2.17. The van der Waals surface area contributed by atoms with E-state index in [1.807, 2.05) is 32.0 Å². The van der Waals surface area contributed by atoms with Crippen molar-refractivity contribution in [3.8, 4) is 11.5 Å². The summed E-state index contributed by atoms with van der Waals surface area (Å²) in [6.45, 7) is 9.74. The van der Waals surface area contributed by atoms with Gasteiger partial charge in [0.1, 0.15) is 18.1 Å². The van der Waals surface area contributed by atoms with Crippen molar-refractivity contribution < 1.29 is 14.3 Å². The first-order valence-electron chi connectivity index (χ1n) is 7.88. The van der Waals surface area contributed by atoms with Gasteiger partial charge in [-0.2, -0.15) is 0 Å². The Morgan fingerprint density at radius 1 is 1.21 bits per heavy atom. The number of aryl methyl sites for hydroxylation is 2. The summed E-state index contributed by atoms with van der Waals surface area (Å²) < 4.78 is 11.2. The number of ether oxygens (including phenoxy) is 2. The minimum atomic E-state index is -0.595. The Morgan fingerprint density at radius 2 is 1.92 bits per heavy atom. The summed E-state index contributed by atoms with van der Waals surface area (Å²) in [5.41, 5.74) is 2.80. The average molecular weight is 325 g/mol. The van der Waals surface area contributed by atoms with Crippen molar-refractivity contribution in [3.05, 3.63) is 66.2 Å². The maximum atomic E-state index is 12.3. The lowest BCUT2D eigenvalue weighted by Crippen LogP contribution is -2.30. The molecule has 0 fully saturated rings. The van der Waals surface area contributed by atoms with E-state index in [-0.39, 0.29) is 5.91 Å². The van der Waals surface area contributed by atoms with Crippen LogP contribution < -0.4 is 14.8 Å². The first kappa shape index (κ1) is 17.6. The van der Waals surface area contributed by atoms with E-state index in [2.05, 4.69) is 11.9 Å². The molecule has 126 valence electrons. The molecule has 1 amide bonds. The summed E-state index contributed by atoms with van der Waals surface area (Å²) in [7, 11) is 0. The van der Waals surface area contributed by atoms with Crippen molar-refractivity contribution in [3.63, 3.8) is 0 Å². The molecule has 0 bridgehead atoms. The molecule has 4 nitrogen and oxygen atoms in total. The molecule has 2 rings (SSSR count). The predicted molar refractivity (Wildman–Crippen MR) is 96.8 cm³/mol. The molecule has 0 saturated heterocycles. The third-order valence-corrected chi connectivity index (χ3v) is 3.51. The molecular formula is C20H23NO3. The van der Waals surface area contributed by atoms with Crippen molar-refractivity contribution in [1.29, 1.82) is 0 Å². The first-order chi connectivity index (χ1) is 11.5. The normalized spacial score (nSPS) is 11.5. The highest BCUT2D eigenvalue weighted by Gasteiger charge is 2.16. The number of benzene rings is 2. The van der Waals surface area contributed by atoms with Crippen molar-refractivity contribution >= 4 is 11.6 Å². The van der Waals surface area contributed by atoms with Crippen LogP contribution in [0, 0.1) is 13.8 Å². The van der Waals surface area contributed by atoms with Crippen molar-refractivity contribution in [2.24, 2.45) is 0 Å². The molecule has 0 radical (unpaired) electrons. The molecular weight excluding hydrogens is 302 g/mol. The van der Waals surface area contributed by atoms with Crippen LogP contribution in [0.1, 0.15) is 18.1 Å². The minimum absolute atomic E-state index is 0.198. The topological polar surface area (TPSA) is 47.6 Å². The Bertz CT molecular complexity index is 707. The van der Waals surface area contributed by atoms with Crippen LogP contribution in [0.3, 0.4) is 0 Å². The van der Waals surface area contributed by atoms with Gasteiger partial charge in [-0.1, -0.05) is 24.8 Å². The van der Waals surface area contributed by atoms with Crippen molar-refractivity contribution in [2.75, 3.05) is 11.9 Å². The zero-order valence-corrected chi connectivity index (χ0v) is 14.3. The molecule has 1 unspecified atom stereocenters. The summed E-state index contributed by atoms with van der Waals surface area (Å²) in [6, 6.07) is 13.1. The van der Waals surface area contributed by atoms with Crippen LogP contribution in [0.15, 0.2) is 55.1 Å². The number of anilines is 1. The lowest BCUT2D eigenvalue weighted by atomic mass is 10.1. The third-order valence-electron chi connectivity index (χ3n) is 3.51. The zero-order valence-electron chi connectivity index (χ0n) is 14.3. The van der Waals surface area contributed by atoms with E-state index in [1.165, 1.54) is 0 Å². The van der Waals surface area contributed by atoms with Gasteiger partial charge in [-0.3, -0.25) is 4.79 Å². The Balaban J connectivity index is 1.95. The number of rotatable bonds is 7. The summed E-state index contributed by atoms with van der Waals surface area (Å²) in [4.78, 5) is 12.3. The van der Waals surface area contributed by atoms with Crippen LogP contribution in [0.4, 0.5) is 5.69 Å². The van der Waals surface area contributed by atoms with Crippen molar-refractivity contribution in [2.45, 2.75) is 26.9 Å². The van der Waals surface area contributed by atoms with Gasteiger partial charge in [0.25, 0.3) is 5.91 Å². The molecule has 0 spiro atoms. The molecule has 24 heavy (non-hydrogen) atoms. The fraction of sp³-hybridized carbons (Fsp3) is 0.250. The molecule has 4 heteroatoms.